The Hall–Kier alpha value is -1.84. The molecular weight excluding hydrogens is 392 g/mol. The molecule has 1 fully saturated rings. The highest BCUT2D eigenvalue weighted by atomic mass is 35.5. The second kappa shape index (κ2) is 6.11. The summed E-state index contributed by atoms with van der Waals surface area (Å²) < 4.78 is 7.14. The zero-order valence-corrected chi connectivity index (χ0v) is 16.3. The van der Waals surface area contributed by atoms with Crippen molar-refractivity contribution >= 4 is 40.4 Å². The van der Waals surface area contributed by atoms with E-state index in [0.29, 0.717) is 28.2 Å². The van der Waals surface area contributed by atoms with E-state index in [9.17, 15) is 4.79 Å². The number of carbonyl (C=O) groups excluding carboxylic acids is 1. The fourth-order valence-electron chi connectivity index (χ4n) is 3.22. The van der Waals surface area contributed by atoms with Crippen LogP contribution in [0.1, 0.15) is 53.0 Å². The molecule has 0 saturated heterocycles. The molecule has 7 nitrogen and oxygen atoms in total. The van der Waals surface area contributed by atoms with Crippen molar-refractivity contribution in [1.29, 1.82) is 0 Å². The number of amides is 1. The average molecular weight is 407 g/mol. The number of halogens is 1. The van der Waals surface area contributed by atoms with Crippen LogP contribution in [0.3, 0.4) is 0 Å². The molecule has 3 aromatic heterocycles. The summed E-state index contributed by atoms with van der Waals surface area (Å²) in [6.45, 7) is 3.22. The minimum atomic E-state index is -0.158. The van der Waals surface area contributed by atoms with Crippen LogP contribution < -0.4 is 0 Å². The summed E-state index contributed by atoms with van der Waals surface area (Å²) >= 11 is 8.65. The Kier molecular flexibility index (Phi) is 3.84. The Morgan fingerprint density at radius 1 is 1.27 bits per heavy atom. The Balaban J connectivity index is 1.43. The van der Waals surface area contributed by atoms with Gasteiger partial charge < -0.3 is 9.47 Å². The number of thiophene rings is 1. The predicted octanol–water partition coefficient (Wildman–Crippen LogP) is 3.61. The molecule has 1 unspecified atom stereocenters. The lowest BCUT2D eigenvalue weighted by atomic mass is 10.2. The van der Waals surface area contributed by atoms with Crippen LogP contribution in [-0.4, -0.2) is 41.5 Å². The summed E-state index contributed by atoms with van der Waals surface area (Å²) in [7, 11) is 0. The number of hydrogen-bond acceptors (Lipinski definition) is 7. The minimum absolute atomic E-state index is 0.0165. The third-order valence-electron chi connectivity index (χ3n) is 4.81. The quantitative estimate of drug-likeness (QED) is 0.664. The van der Waals surface area contributed by atoms with Gasteiger partial charge in [0.2, 0.25) is 0 Å². The number of carbonyl (C=O) groups is 1. The first-order valence-electron chi connectivity index (χ1n) is 8.45. The molecule has 1 saturated carbocycles. The van der Waals surface area contributed by atoms with Crippen LogP contribution in [0.4, 0.5) is 0 Å². The van der Waals surface area contributed by atoms with Crippen LogP contribution in [0.5, 0.6) is 0 Å². The van der Waals surface area contributed by atoms with Gasteiger partial charge in [-0.15, -0.1) is 21.5 Å². The van der Waals surface area contributed by atoms with Crippen molar-refractivity contribution in [3.05, 3.63) is 33.0 Å². The molecule has 5 rings (SSSR count). The van der Waals surface area contributed by atoms with Crippen LogP contribution in [0, 0.1) is 0 Å². The molecule has 26 heavy (non-hydrogen) atoms. The second-order valence-corrected chi connectivity index (χ2v) is 9.01. The average Bonchev–Trinajstić information content (AvgIpc) is 3.04. The largest absolute Gasteiger partial charge is 0.326 e. The normalized spacial score (nSPS) is 19.6. The maximum Gasteiger partial charge on any atom is 0.264 e. The molecule has 1 atom stereocenters. The van der Waals surface area contributed by atoms with E-state index in [1.807, 2.05) is 11.8 Å². The number of rotatable bonds is 3. The standard InChI is InChI=1S/C16H15ClN6OS2/c1-8-13-19-20-14(15-18-12(21-26-15)9-2-3-9)23(13)7-6-22(8)16(24)10-4-5-11(17)25-10/h4-5,8-9H,2-3,6-7H2,1H3. The van der Waals surface area contributed by atoms with Crippen molar-refractivity contribution in [1.82, 2.24) is 29.0 Å². The molecule has 2 aliphatic rings. The van der Waals surface area contributed by atoms with Crippen molar-refractivity contribution in [2.24, 2.45) is 0 Å². The molecule has 10 heteroatoms. The van der Waals surface area contributed by atoms with Gasteiger partial charge in [-0.05, 0) is 43.4 Å². The first-order valence-corrected chi connectivity index (χ1v) is 10.4. The van der Waals surface area contributed by atoms with Crippen LogP contribution in [0.2, 0.25) is 4.34 Å². The van der Waals surface area contributed by atoms with Gasteiger partial charge in [-0.3, -0.25) is 4.79 Å². The van der Waals surface area contributed by atoms with Gasteiger partial charge in [-0.1, -0.05) is 11.6 Å². The van der Waals surface area contributed by atoms with E-state index >= 15 is 0 Å². The van der Waals surface area contributed by atoms with E-state index in [0.717, 1.165) is 22.5 Å². The van der Waals surface area contributed by atoms with Crippen LogP contribution >= 0.6 is 34.5 Å². The summed E-state index contributed by atoms with van der Waals surface area (Å²) in [4.78, 5) is 19.9. The number of aromatic nitrogens is 5. The molecule has 134 valence electrons. The Labute approximate surface area is 162 Å². The van der Waals surface area contributed by atoms with Gasteiger partial charge in [0, 0.05) is 19.0 Å². The van der Waals surface area contributed by atoms with Gasteiger partial charge in [-0.25, -0.2) is 4.98 Å². The lowest BCUT2D eigenvalue weighted by Gasteiger charge is -2.33. The summed E-state index contributed by atoms with van der Waals surface area (Å²) in [5.74, 6) is 2.97. The van der Waals surface area contributed by atoms with E-state index < -0.39 is 0 Å². The van der Waals surface area contributed by atoms with Crippen LogP contribution in [-0.2, 0) is 6.54 Å². The zero-order chi connectivity index (χ0) is 17.8. The van der Waals surface area contributed by atoms with E-state index in [1.54, 1.807) is 12.1 Å². The smallest absolute Gasteiger partial charge is 0.264 e. The van der Waals surface area contributed by atoms with Gasteiger partial charge in [0.1, 0.15) is 5.82 Å². The van der Waals surface area contributed by atoms with E-state index in [4.69, 9.17) is 11.6 Å². The molecule has 1 amide bonds. The van der Waals surface area contributed by atoms with E-state index in [-0.39, 0.29) is 11.9 Å². The fourth-order valence-corrected chi connectivity index (χ4v) is 4.96. The Morgan fingerprint density at radius 3 is 2.85 bits per heavy atom. The SMILES string of the molecule is CC1c2nnc(-c3nc(C4CC4)ns3)n2CCN1C(=O)c1ccc(Cl)s1. The monoisotopic (exact) mass is 406 g/mol. The first-order chi connectivity index (χ1) is 12.6. The Bertz CT molecular complexity index is 991. The maximum absolute atomic E-state index is 12.8. The van der Waals surface area contributed by atoms with Crippen molar-refractivity contribution in [2.75, 3.05) is 6.54 Å². The second-order valence-electron chi connectivity index (χ2n) is 6.54. The highest BCUT2D eigenvalue weighted by Crippen LogP contribution is 2.40. The molecular formula is C16H15ClN6OS2. The van der Waals surface area contributed by atoms with Crippen molar-refractivity contribution in [3.8, 4) is 10.8 Å². The molecule has 3 aromatic rings. The molecule has 0 N–H and O–H groups in total. The molecule has 0 aromatic carbocycles. The molecule has 1 aliphatic heterocycles. The lowest BCUT2D eigenvalue weighted by Crippen LogP contribution is -2.41. The third-order valence-corrected chi connectivity index (χ3v) is 6.75. The van der Waals surface area contributed by atoms with Gasteiger partial charge in [0.15, 0.2) is 16.7 Å². The lowest BCUT2D eigenvalue weighted by molar-refractivity contribution is 0.0643. The van der Waals surface area contributed by atoms with Gasteiger partial charge >= 0.3 is 0 Å². The molecule has 1 aliphatic carbocycles. The number of fused-ring (bicyclic) bond motifs is 1. The molecule has 0 spiro atoms. The molecule has 4 heterocycles. The summed E-state index contributed by atoms with van der Waals surface area (Å²) in [5, 5.41) is 9.51. The van der Waals surface area contributed by atoms with Gasteiger partial charge in [0.05, 0.1) is 15.3 Å². The van der Waals surface area contributed by atoms with Crippen LogP contribution in [0.25, 0.3) is 10.8 Å². The van der Waals surface area contributed by atoms with Crippen molar-refractivity contribution in [2.45, 2.75) is 38.3 Å². The highest BCUT2D eigenvalue weighted by Gasteiger charge is 2.34. The summed E-state index contributed by atoms with van der Waals surface area (Å²) in [5.41, 5.74) is 0. The summed E-state index contributed by atoms with van der Waals surface area (Å²) in [6.07, 6.45) is 2.35. The van der Waals surface area contributed by atoms with Gasteiger partial charge in [-0.2, -0.15) is 4.37 Å². The van der Waals surface area contributed by atoms with E-state index in [1.165, 1.54) is 35.7 Å². The maximum atomic E-state index is 12.8. The van der Waals surface area contributed by atoms with E-state index in [2.05, 4.69) is 24.1 Å². The predicted molar refractivity (Wildman–Crippen MR) is 99.7 cm³/mol. The third kappa shape index (κ3) is 2.65. The minimum Gasteiger partial charge on any atom is -0.326 e. The van der Waals surface area contributed by atoms with Crippen molar-refractivity contribution < 1.29 is 4.79 Å². The first kappa shape index (κ1) is 16.3. The number of nitrogens with zero attached hydrogens (tertiary/aromatic N) is 6. The highest BCUT2D eigenvalue weighted by molar-refractivity contribution is 7.18. The zero-order valence-electron chi connectivity index (χ0n) is 13.9. The molecule has 0 bridgehead atoms. The number of hydrogen-bond donors (Lipinski definition) is 0. The Morgan fingerprint density at radius 2 is 2.12 bits per heavy atom. The summed E-state index contributed by atoms with van der Waals surface area (Å²) in [6, 6.07) is 3.36. The van der Waals surface area contributed by atoms with Crippen molar-refractivity contribution in [3.63, 3.8) is 0 Å². The fraction of sp³-hybridized carbons (Fsp3) is 0.438. The molecule has 0 radical (unpaired) electrons. The topological polar surface area (TPSA) is 76.8 Å². The van der Waals surface area contributed by atoms with Crippen LogP contribution in [0.15, 0.2) is 12.1 Å². The van der Waals surface area contributed by atoms with Gasteiger partial charge in [0.25, 0.3) is 5.91 Å².